The first-order chi connectivity index (χ1) is 6.06. The van der Waals surface area contributed by atoms with E-state index < -0.39 is 10.3 Å². The first kappa shape index (κ1) is 11.5. The molecule has 1 aromatic carbocycles. The fraction of sp³-hybridized carbons (Fsp3) is 0. The zero-order valence-corrected chi connectivity index (χ0v) is 7.31. The molecule has 0 spiro atoms. The zero-order valence-electron chi connectivity index (χ0n) is 6.49. The third-order valence-electron chi connectivity index (χ3n) is 0.819. The Bertz CT molecular complexity index is 340. The van der Waals surface area contributed by atoms with Crippen LogP contribution < -0.4 is 0 Å². The fourth-order valence-electron chi connectivity index (χ4n) is 0.432. The van der Waals surface area contributed by atoms with Gasteiger partial charge in [0.25, 0.3) is 6.08 Å². The van der Waals surface area contributed by atoms with E-state index in [1.807, 2.05) is 40.8 Å². The maximum absolute atomic E-state index is 9.36. The average Bonchev–Trinajstić information content (AvgIpc) is 2.06. The molecule has 6 heteroatoms. The van der Waals surface area contributed by atoms with Gasteiger partial charge in [0.2, 0.25) is 0 Å². The first-order valence-corrected chi connectivity index (χ1v) is 4.52. The maximum atomic E-state index is 9.36. The third-order valence-corrected chi connectivity index (χ3v) is 1.12. The van der Waals surface area contributed by atoms with Crippen molar-refractivity contribution in [1.82, 2.24) is 0 Å². The highest BCUT2D eigenvalue weighted by atomic mass is 32.2. The van der Waals surface area contributed by atoms with Crippen LogP contribution in [0.4, 0.5) is 0 Å². The molecular weight excluding hydrogens is 194 g/mol. The van der Waals surface area contributed by atoms with Gasteiger partial charge in [0.1, 0.15) is 0 Å². The molecule has 1 aromatic rings. The van der Waals surface area contributed by atoms with Crippen molar-refractivity contribution in [2.45, 2.75) is 0 Å². The van der Waals surface area contributed by atoms with Gasteiger partial charge in [-0.15, -0.1) is 0 Å². The van der Waals surface area contributed by atoms with Gasteiger partial charge in [-0.2, -0.15) is 8.42 Å². The highest BCUT2D eigenvalue weighted by molar-refractivity contribution is 7.84. The van der Waals surface area contributed by atoms with E-state index in [4.69, 9.17) is 9.35 Å². The van der Waals surface area contributed by atoms with Crippen molar-refractivity contribution < 1.29 is 17.8 Å². The number of hydrogen-bond acceptors (Lipinski definition) is 3. The molecule has 0 aliphatic rings. The second kappa shape index (κ2) is 6.07. The van der Waals surface area contributed by atoms with Crippen LogP contribution in [0, 0.1) is 0 Å². The number of rotatable bonds is 1. The lowest BCUT2D eigenvalue weighted by Gasteiger charge is -1.70. The first-order valence-electron chi connectivity index (χ1n) is 3.13. The van der Waals surface area contributed by atoms with Gasteiger partial charge >= 0.3 is 10.3 Å². The predicted molar refractivity (Wildman–Crippen MR) is 46.1 cm³/mol. The summed E-state index contributed by atoms with van der Waals surface area (Å²) in [5, 5.41) is 0. The Labute approximate surface area is 75.6 Å². The van der Waals surface area contributed by atoms with Gasteiger partial charge in [-0.1, -0.05) is 40.8 Å². The van der Waals surface area contributed by atoms with Crippen LogP contribution in [0.15, 0.2) is 40.8 Å². The van der Waals surface area contributed by atoms with E-state index in [0.717, 1.165) is 0 Å². The van der Waals surface area contributed by atoms with E-state index in [9.17, 15) is 8.42 Å². The number of nitrogens with zero attached hydrogens (tertiary/aromatic N) is 1. The van der Waals surface area contributed by atoms with Crippen molar-refractivity contribution in [3.63, 3.8) is 0 Å². The highest BCUT2D eigenvalue weighted by Gasteiger charge is 1.93. The molecule has 0 bridgehead atoms. The Morgan fingerprint density at radius 3 is 1.38 bits per heavy atom. The van der Waals surface area contributed by atoms with Crippen molar-refractivity contribution in [2.75, 3.05) is 0 Å². The molecule has 1 N–H and O–H groups in total. The van der Waals surface area contributed by atoms with E-state index in [2.05, 4.69) is 0 Å². The van der Waals surface area contributed by atoms with E-state index in [1.54, 1.807) is 0 Å². The zero-order chi connectivity index (χ0) is 10.2. The third kappa shape index (κ3) is 10.5. The van der Waals surface area contributed by atoms with Gasteiger partial charge in [-0.3, -0.25) is 4.55 Å². The molecule has 0 saturated heterocycles. The minimum absolute atomic E-state index is 0.645. The maximum Gasteiger partial charge on any atom is 0.388 e. The molecule has 0 radical (unpaired) electrons. The van der Waals surface area contributed by atoms with Gasteiger partial charge < -0.3 is 0 Å². The molecule has 0 atom stereocenters. The van der Waals surface area contributed by atoms with Gasteiger partial charge in [0, 0.05) is 0 Å². The molecule has 13 heavy (non-hydrogen) atoms. The summed E-state index contributed by atoms with van der Waals surface area (Å²) in [5.41, 5.74) is 0. The van der Waals surface area contributed by atoms with Crippen LogP contribution >= 0.6 is 0 Å². The van der Waals surface area contributed by atoms with Crippen molar-refractivity contribution in [3.05, 3.63) is 36.4 Å². The summed E-state index contributed by atoms with van der Waals surface area (Å²) in [6.45, 7) is 0. The number of benzene rings is 1. The van der Waals surface area contributed by atoms with Crippen molar-refractivity contribution >= 4 is 16.4 Å². The smallest absolute Gasteiger partial charge is 0.267 e. The largest absolute Gasteiger partial charge is 0.388 e. The fourth-order valence-corrected chi connectivity index (χ4v) is 0.526. The Kier molecular flexibility index (Phi) is 5.38. The summed E-state index contributed by atoms with van der Waals surface area (Å²) >= 11 is 0. The van der Waals surface area contributed by atoms with Crippen LogP contribution in [-0.4, -0.2) is 19.1 Å². The summed E-state index contributed by atoms with van der Waals surface area (Å²) in [5.74, 6) is 0. The lowest BCUT2D eigenvalue weighted by Crippen LogP contribution is -1.87. The lowest BCUT2D eigenvalue weighted by atomic mass is 10.4. The van der Waals surface area contributed by atoms with Crippen molar-refractivity contribution in [3.8, 4) is 0 Å². The molecular formula is C7H7NO4S. The number of isocyanates is 1. The normalized spacial score (nSPS) is 9.00. The second-order valence-corrected chi connectivity index (χ2v) is 2.86. The van der Waals surface area contributed by atoms with Crippen molar-refractivity contribution in [1.29, 1.82) is 0 Å². The standard InChI is InChI=1S/C6H6.CHNO4S/c1-2-4-6-5-3-1;3-1-2-7(4,5)6/h1-6H;(H,4,5,6). The molecule has 1 rings (SSSR count). The Morgan fingerprint density at radius 2 is 1.31 bits per heavy atom. The lowest BCUT2D eigenvalue weighted by molar-refractivity contribution is 0.484. The van der Waals surface area contributed by atoms with Gasteiger partial charge in [-0.25, -0.2) is 4.79 Å². The predicted octanol–water partition coefficient (Wildman–Crippen LogP) is 0.812. The van der Waals surface area contributed by atoms with E-state index in [0.29, 0.717) is 6.08 Å². The molecule has 0 fully saturated rings. The quantitative estimate of drug-likeness (QED) is 0.414. The Morgan fingerprint density at radius 1 is 1.00 bits per heavy atom. The summed E-state index contributed by atoms with van der Waals surface area (Å²) in [7, 11) is -4.47. The van der Waals surface area contributed by atoms with Gasteiger partial charge in [0.05, 0.1) is 0 Å². The number of carbonyl (C=O) groups excluding carboxylic acids is 1. The minimum atomic E-state index is -4.47. The van der Waals surface area contributed by atoms with Gasteiger partial charge in [-0.05, 0) is 0 Å². The van der Waals surface area contributed by atoms with Crippen LogP contribution in [0.25, 0.3) is 0 Å². The van der Waals surface area contributed by atoms with Gasteiger partial charge in [0.15, 0.2) is 0 Å². The Hall–Kier alpha value is -1.49. The van der Waals surface area contributed by atoms with Crippen LogP contribution in [0.2, 0.25) is 0 Å². The second-order valence-electron chi connectivity index (χ2n) is 1.79. The molecule has 0 saturated carbocycles. The Balaban J connectivity index is 0.000000223. The summed E-state index contributed by atoms with van der Waals surface area (Å²) < 4.78 is 28.3. The SMILES string of the molecule is O=C=NS(=O)(=O)O.c1ccccc1. The molecule has 0 aliphatic heterocycles. The summed E-state index contributed by atoms with van der Waals surface area (Å²) in [6, 6.07) is 12.0. The molecule has 0 unspecified atom stereocenters. The van der Waals surface area contributed by atoms with E-state index in [-0.39, 0.29) is 0 Å². The van der Waals surface area contributed by atoms with Crippen LogP contribution in [0.1, 0.15) is 0 Å². The topological polar surface area (TPSA) is 83.8 Å². The van der Waals surface area contributed by atoms with Crippen LogP contribution in [-0.2, 0) is 15.1 Å². The molecule has 5 nitrogen and oxygen atoms in total. The summed E-state index contributed by atoms with van der Waals surface area (Å²) in [4.78, 5) is 8.99. The molecule has 0 amide bonds. The molecule has 0 aromatic heterocycles. The molecule has 0 heterocycles. The highest BCUT2D eigenvalue weighted by Crippen LogP contribution is 1.79. The van der Waals surface area contributed by atoms with Crippen molar-refractivity contribution in [2.24, 2.45) is 4.40 Å². The average molecular weight is 201 g/mol. The minimum Gasteiger partial charge on any atom is -0.267 e. The summed E-state index contributed by atoms with van der Waals surface area (Å²) in [6.07, 6.45) is 0.645. The molecule has 0 aliphatic carbocycles. The monoisotopic (exact) mass is 201 g/mol. The van der Waals surface area contributed by atoms with E-state index >= 15 is 0 Å². The van der Waals surface area contributed by atoms with Crippen LogP contribution in [0.5, 0.6) is 0 Å². The molecule has 70 valence electrons. The van der Waals surface area contributed by atoms with Crippen LogP contribution in [0.3, 0.4) is 0 Å². The number of hydrogen-bond donors (Lipinski definition) is 1. The van der Waals surface area contributed by atoms with E-state index in [1.165, 1.54) is 0 Å².